The predicted octanol–water partition coefficient (Wildman–Crippen LogP) is 3.02. The quantitative estimate of drug-likeness (QED) is 0.695. The highest BCUT2D eigenvalue weighted by molar-refractivity contribution is 6.12. The molecule has 17 heavy (non-hydrogen) atoms. The Morgan fingerprint density at radius 1 is 1.12 bits per heavy atom. The molecular formula is C14H12O3. The second-order valence-electron chi connectivity index (χ2n) is 4.28. The van der Waals surface area contributed by atoms with Crippen molar-refractivity contribution in [2.45, 2.75) is 20.5 Å². The summed E-state index contributed by atoms with van der Waals surface area (Å²) in [7, 11) is 0. The molecule has 0 saturated heterocycles. The molecule has 86 valence electrons. The number of furan rings is 1. The lowest BCUT2D eigenvalue weighted by molar-refractivity contribution is 0.103. The topological polar surface area (TPSA) is 39.4 Å². The first-order valence-corrected chi connectivity index (χ1v) is 5.52. The van der Waals surface area contributed by atoms with Gasteiger partial charge in [-0.3, -0.25) is 4.79 Å². The third kappa shape index (κ3) is 1.39. The molecule has 3 rings (SSSR count). The second-order valence-corrected chi connectivity index (χ2v) is 4.28. The maximum Gasteiger partial charge on any atom is 0.200 e. The van der Waals surface area contributed by atoms with E-state index < -0.39 is 0 Å². The number of fused-ring (bicyclic) bond motifs is 2. The molecule has 0 saturated carbocycles. The lowest BCUT2D eigenvalue weighted by Crippen LogP contribution is -2.04. The normalized spacial score (nSPS) is 13.6. The van der Waals surface area contributed by atoms with E-state index in [0.29, 0.717) is 29.2 Å². The Kier molecular flexibility index (Phi) is 2.08. The van der Waals surface area contributed by atoms with Crippen LogP contribution in [0.2, 0.25) is 0 Å². The molecule has 3 nitrogen and oxygen atoms in total. The van der Waals surface area contributed by atoms with Gasteiger partial charge in [-0.1, -0.05) is 12.1 Å². The molecule has 1 aromatic carbocycles. The summed E-state index contributed by atoms with van der Waals surface area (Å²) < 4.78 is 11.0. The lowest BCUT2D eigenvalue weighted by Gasteiger charge is -2.11. The van der Waals surface area contributed by atoms with Crippen molar-refractivity contribution >= 4 is 5.78 Å². The minimum atomic E-state index is -0.0116. The number of carbonyl (C=O) groups excluding carboxylic acids is 1. The number of ketones is 1. The van der Waals surface area contributed by atoms with Crippen LogP contribution in [-0.4, -0.2) is 5.78 Å². The summed E-state index contributed by atoms with van der Waals surface area (Å²) in [4.78, 5) is 12.4. The van der Waals surface area contributed by atoms with Crippen LogP contribution in [0.25, 0.3) is 0 Å². The van der Waals surface area contributed by atoms with Crippen LogP contribution < -0.4 is 4.74 Å². The van der Waals surface area contributed by atoms with Crippen molar-refractivity contribution < 1.29 is 13.9 Å². The summed E-state index contributed by atoms with van der Waals surface area (Å²) in [5, 5.41) is 0. The molecule has 0 fully saturated rings. The molecular weight excluding hydrogens is 216 g/mol. The van der Waals surface area contributed by atoms with Crippen molar-refractivity contribution in [1.29, 1.82) is 0 Å². The molecule has 0 spiro atoms. The number of rotatable bonds is 0. The van der Waals surface area contributed by atoms with Crippen molar-refractivity contribution in [2.24, 2.45) is 0 Å². The third-order valence-electron chi connectivity index (χ3n) is 3.13. The number of hydrogen-bond donors (Lipinski definition) is 0. The molecule has 1 aromatic heterocycles. The van der Waals surface area contributed by atoms with Crippen LogP contribution in [0, 0.1) is 13.8 Å². The van der Waals surface area contributed by atoms with Crippen molar-refractivity contribution in [3.63, 3.8) is 0 Å². The van der Waals surface area contributed by atoms with E-state index in [9.17, 15) is 4.79 Å². The average Bonchev–Trinajstić information content (AvgIpc) is 2.72. The molecule has 1 aliphatic rings. The van der Waals surface area contributed by atoms with Crippen LogP contribution in [0.5, 0.6) is 5.75 Å². The van der Waals surface area contributed by atoms with Gasteiger partial charge in [0.05, 0.1) is 17.4 Å². The second kappa shape index (κ2) is 3.48. The van der Waals surface area contributed by atoms with Crippen LogP contribution in [0.3, 0.4) is 0 Å². The number of carbonyl (C=O) groups is 1. The number of benzene rings is 1. The Morgan fingerprint density at radius 2 is 1.88 bits per heavy atom. The Bertz CT molecular complexity index is 608. The van der Waals surface area contributed by atoms with Crippen LogP contribution >= 0.6 is 0 Å². The van der Waals surface area contributed by atoms with E-state index in [-0.39, 0.29) is 5.78 Å². The largest absolute Gasteiger partial charge is 0.485 e. The van der Waals surface area contributed by atoms with Gasteiger partial charge in [0.1, 0.15) is 12.4 Å². The highest BCUT2D eigenvalue weighted by Gasteiger charge is 2.26. The van der Waals surface area contributed by atoms with Gasteiger partial charge in [-0.05, 0) is 31.0 Å². The summed E-state index contributed by atoms with van der Waals surface area (Å²) in [5.74, 6) is 1.27. The minimum Gasteiger partial charge on any atom is -0.485 e. The zero-order chi connectivity index (χ0) is 12.0. The van der Waals surface area contributed by atoms with E-state index in [0.717, 1.165) is 11.1 Å². The van der Waals surface area contributed by atoms with Gasteiger partial charge in [0.15, 0.2) is 5.76 Å². The van der Waals surface area contributed by atoms with E-state index in [2.05, 4.69) is 0 Å². The van der Waals surface area contributed by atoms with Crippen molar-refractivity contribution in [2.75, 3.05) is 0 Å². The fourth-order valence-electron chi connectivity index (χ4n) is 2.18. The summed E-state index contributed by atoms with van der Waals surface area (Å²) in [6.45, 7) is 4.18. The first-order valence-electron chi connectivity index (χ1n) is 5.52. The van der Waals surface area contributed by atoms with E-state index in [1.165, 1.54) is 6.26 Å². The van der Waals surface area contributed by atoms with Crippen molar-refractivity contribution in [3.8, 4) is 5.75 Å². The monoisotopic (exact) mass is 228 g/mol. The van der Waals surface area contributed by atoms with Crippen LogP contribution in [0.4, 0.5) is 0 Å². The van der Waals surface area contributed by atoms with Gasteiger partial charge in [-0.2, -0.15) is 0 Å². The standard InChI is InChI=1S/C14H12O3/c1-8-3-4-9(2)14-12(8)13(15)10-5-6-16-11(10)7-17-14/h3-6H,7H2,1-2H3. The zero-order valence-corrected chi connectivity index (χ0v) is 9.74. The van der Waals surface area contributed by atoms with Crippen LogP contribution in [0.15, 0.2) is 28.9 Å². The van der Waals surface area contributed by atoms with Gasteiger partial charge in [0, 0.05) is 0 Å². The molecule has 0 N–H and O–H groups in total. The molecule has 0 bridgehead atoms. The fourth-order valence-corrected chi connectivity index (χ4v) is 2.18. The van der Waals surface area contributed by atoms with Gasteiger partial charge < -0.3 is 9.15 Å². The van der Waals surface area contributed by atoms with Crippen molar-refractivity contribution in [1.82, 2.24) is 0 Å². The highest BCUT2D eigenvalue weighted by atomic mass is 16.5. The molecule has 0 aliphatic carbocycles. The van der Waals surface area contributed by atoms with Crippen molar-refractivity contribution in [3.05, 3.63) is 52.5 Å². The zero-order valence-electron chi connectivity index (χ0n) is 9.74. The lowest BCUT2D eigenvalue weighted by atomic mass is 9.97. The predicted molar refractivity (Wildman–Crippen MR) is 62.4 cm³/mol. The van der Waals surface area contributed by atoms with Gasteiger partial charge in [-0.15, -0.1) is 0 Å². The molecule has 0 amide bonds. The van der Waals surface area contributed by atoms with Crippen LogP contribution in [-0.2, 0) is 6.61 Å². The third-order valence-corrected chi connectivity index (χ3v) is 3.13. The van der Waals surface area contributed by atoms with Gasteiger partial charge in [-0.25, -0.2) is 0 Å². The van der Waals surface area contributed by atoms with E-state index in [4.69, 9.17) is 9.15 Å². The van der Waals surface area contributed by atoms with Gasteiger partial charge in [0.25, 0.3) is 0 Å². The Hall–Kier alpha value is -2.03. The SMILES string of the molecule is Cc1ccc(C)c2c1OCc1occc1C2=O. The fraction of sp³-hybridized carbons (Fsp3) is 0.214. The molecule has 3 heteroatoms. The summed E-state index contributed by atoms with van der Waals surface area (Å²) in [5.41, 5.74) is 3.18. The smallest absolute Gasteiger partial charge is 0.200 e. The maximum absolute atomic E-state index is 12.4. The highest BCUT2D eigenvalue weighted by Crippen LogP contribution is 2.33. The molecule has 2 heterocycles. The summed E-state index contributed by atoms with van der Waals surface area (Å²) in [6.07, 6.45) is 1.53. The maximum atomic E-state index is 12.4. The van der Waals surface area contributed by atoms with E-state index in [1.807, 2.05) is 26.0 Å². The number of aryl methyl sites for hydroxylation is 2. The van der Waals surface area contributed by atoms with Gasteiger partial charge >= 0.3 is 0 Å². The molecule has 2 aromatic rings. The Morgan fingerprint density at radius 3 is 2.71 bits per heavy atom. The number of hydrogen-bond acceptors (Lipinski definition) is 3. The summed E-state index contributed by atoms with van der Waals surface area (Å²) in [6, 6.07) is 5.62. The molecule has 0 unspecified atom stereocenters. The first kappa shape index (κ1) is 10.1. The minimum absolute atomic E-state index is 0.0116. The first-order chi connectivity index (χ1) is 8.18. The van der Waals surface area contributed by atoms with E-state index in [1.54, 1.807) is 6.07 Å². The molecule has 1 aliphatic heterocycles. The molecule has 0 atom stereocenters. The van der Waals surface area contributed by atoms with E-state index >= 15 is 0 Å². The average molecular weight is 228 g/mol. The van der Waals surface area contributed by atoms with Crippen LogP contribution in [0.1, 0.15) is 32.8 Å². The number of ether oxygens (including phenoxy) is 1. The summed E-state index contributed by atoms with van der Waals surface area (Å²) >= 11 is 0. The Balaban J connectivity index is 2.29. The van der Waals surface area contributed by atoms with Gasteiger partial charge in [0.2, 0.25) is 5.78 Å². The Labute approximate surface area is 99.0 Å². The molecule has 0 radical (unpaired) electrons.